The molecule has 2 aromatic rings. The molecule has 0 fully saturated rings. The fraction of sp³-hybridized carbons (Fsp3) is 0.0714. The fourth-order valence-corrected chi connectivity index (χ4v) is 1.64. The Balaban J connectivity index is 2.11. The number of rotatable bonds is 2. The van der Waals surface area contributed by atoms with E-state index in [1.165, 1.54) is 0 Å². The van der Waals surface area contributed by atoms with E-state index in [0.29, 0.717) is 17.4 Å². The second kappa shape index (κ2) is 5.56. The number of anilines is 3. The standard InChI is InChI=1S/C14H13F2N3O/c1-8-2-4-10(17)7-13(8)19-14(20)18-12-5-3-9(15)6-11(12)16/h2-7H,17H2,1H3,(H2,18,19,20). The fourth-order valence-electron chi connectivity index (χ4n) is 1.64. The molecule has 2 rings (SSSR count). The van der Waals surface area contributed by atoms with Gasteiger partial charge in [-0.3, -0.25) is 0 Å². The SMILES string of the molecule is Cc1ccc(N)cc1NC(=O)Nc1ccc(F)cc1F. The van der Waals surface area contributed by atoms with Gasteiger partial charge in [-0.2, -0.15) is 0 Å². The first-order valence-electron chi connectivity index (χ1n) is 5.85. The topological polar surface area (TPSA) is 67.1 Å². The van der Waals surface area contributed by atoms with Gasteiger partial charge in [0.05, 0.1) is 5.69 Å². The quantitative estimate of drug-likeness (QED) is 0.735. The van der Waals surface area contributed by atoms with Gasteiger partial charge in [0.1, 0.15) is 11.6 Å². The zero-order chi connectivity index (χ0) is 14.7. The average molecular weight is 277 g/mol. The third-order valence-electron chi connectivity index (χ3n) is 2.69. The minimum Gasteiger partial charge on any atom is -0.399 e. The zero-order valence-electron chi connectivity index (χ0n) is 10.7. The summed E-state index contributed by atoms with van der Waals surface area (Å²) in [4.78, 5) is 11.8. The summed E-state index contributed by atoms with van der Waals surface area (Å²) in [6.07, 6.45) is 0. The lowest BCUT2D eigenvalue weighted by atomic mass is 10.2. The molecule has 0 heterocycles. The minimum absolute atomic E-state index is 0.106. The van der Waals surface area contributed by atoms with Crippen LogP contribution in [0.1, 0.15) is 5.56 Å². The smallest absolute Gasteiger partial charge is 0.323 e. The van der Waals surface area contributed by atoms with Crippen molar-refractivity contribution >= 4 is 23.1 Å². The van der Waals surface area contributed by atoms with E-state index >= 15 is 0 Å². The number of carbonyl (C=O) groups is 1. The predicted octanol–water partition coefficient (Wildman–Crippen LogP) is 3.50. The summed E-state index contributed by atoms with van der Waals surface area (Å²) in [6.45, 7) is 1.80. The van der Waals surface area contributed by atoms with Crippen LogP contribution in [-0.4, -0.2) is 6.03 Å². The van der Waals surface area contributed by atoms with Crippen molar-refractivity contribution in [2.75, 3.05) is 16.4 Å². The molecule has 0 unspecified atom stereocenters. The third-order valence-corrected chi connectivity index (χ3v) is 2.69. The van der Waals surface area contributed by atoms with Crippen molar-refractivity contribution in [2.45, 2.75) is 6.92 Å². The van der Waals surface area contributed by atoms with Crippen LogP contribution in [0.15, 0.2) is 36.4 Å². The van der Waals surface area contributed by atoms with E-state index in [0.717, 1.165) is 17.7 Å². The number of urea groups is 1. The number of nitrogens with one attached hydrogen (secondary N) is 2. The molecule has 104 valence electrons. The van der Waals surface area contributed by atoms with Crippen molar-refractivity contribution in [2.24, 2.45) is 0 Å². The van der Waals surface area contributed by atoms with Gasteiger partial charge < -0.3 is 16.4 Å². The van der Waals surface area contributed by atoms with Crippen molar-refractivity contribution in [1.29, 1.82) is 0 Å². The molecule has 0 aliphatic rings. The molecule has 20 heavy (non-hydrogen) atoms. The Morgan fingerprint density at radius 1 is 1.05 bits per heavy atom. The number of aryl methyl sites for hydroxylation is 1. The van der Waals surface area contributed by atoms with E-state index in [9.17, 15) is 13.6 Å². The number of halogens is 2. The second-order valence-corrected chi connectivity index (χ2v) is 4.28. The van der Waals surface area contributed by atoms with Crippen LogP contribution in [0.2, 0.25) is 0 Å². The maximum absolute atomic E-state index is 13.4. The Hall–Kier alpha value is -2.63. The zero-order valence-corrected chi connectivity index (χ0v) is 10.7. The van der Waals surface area contributed by atoms with Gasteiger partial charge in [-0.15, -0.1) is 0 Å². The van der Waals surface area contributed by atoms with Crippen LogP contribution in [0.5, 0.6) is 0 Å². The lowest BCUT2D eigenvalue weighted by Gasteiger charge is -2.11. The maximum atomic E-state index is 13.4. The van der Waals surface area contributed by atoms with Crippen LogP contribution >= 0.6 is 0 Å². The van der Waals surface area contributed by atoms with E-state index in [1.54, 1.807) is 25.1 Å². The molecule has 0 atom stereocenters. The van der Waals surface area contributed by atoms with Gasteiger partial charge in [-0.1, -0.05) is 6.07 Å². The highest BCUT2D eigenvalue weighted by Crippen LogP contribution is 2.19. The lowest BCUT2D eigenvalue weighted by Crippen LogP contribution is -2.20. The molecular weight excluding hydrogens is 264 g/mol. The summed E-state index contributed by atoms with van der Waals surface area (Å²) in [6, 6.07) is 7.32. The summed E-state index contributed by atoms with van der Waals surface area (Å²) in [5.74, 6) is -1.55. The molecule has 0 saturated heterocycles. The van der Waals surface area contributed by atoms with Gasteiger partial charge in [0.2, 0.25) is 0 Å². The molecule has 4 N–H and O–H groups in total. The first-order valence-corrected chi connectivity index (χ1v) is 5.85. The molecule has 0 saturated carbocycles. The monoisotopic (exact) mass is 277 g/mol. The Kier molecular flexibility index (Phi) is 3.84. The van der Waals surface area contributed by atoms with Crippen molar-refractivity contribution in [1.82, 2.24) is 0 Å². The van der Waals surface area contributed by atoms with E-state index in [4.69, 9.17) is 5.73 Å². The van der Waals surface area contributed by atoms with Gasteiger partial charge in [0.25, 0.3) is 0 Å². The number of nitrogens with two attached hydrogens (primary N) is 1. The third kappa shape index (κ3) is 3.23. The molecule has 0 radical (unpaired) electrons. The van der Waals surface area contributed by atoms with E-state index in [2.05, 4.69) is 10.6 Å². The number of amides is 2. The Morgan fingerprint density at radius 2 is 1.75 bits per heavy atom. The van der Waals surface area contributed by atoms with Crippen molar-refractivity contribution in [3.05, 3.63) is 53.6 Å². The molecular formula is C14H13F2N3O. The molecule has 0 aliphatic carbocycles. The van der Waals surface area contributed by atoms with Crippen LogP contribution < -0.4 is 16.4 Å². The average Bonchev–Trinajstić information content (AvgIpc) is 2.37. The first kappa shape index (κ1) is 13.8. The summed E-state index contributed by atoms with van der Waals surface area (Å²) in [5.41, 5.74) is 7.35. The van der Waals surface area contributed by atoms with Crippen LogP contribution in [-0.2, 0) is 0 Å². The van der Waals surface area contributed by atoms with E-state index in [-0.39, 0.29) is 5.69 Å². The molecule has 6 heteroatoms. The highest BCUT2D eigenvalue weighted by Gasteiger charge is 2.09. The molecule has 0 bridgehead atoms. The van der Waals surface area contributed by atoms with Crippen molar-refractivity contribution < 1.29 is 13.6 Å². The van der Waals surface area contributed by atoms with Crippen molar-refractivity contribution in [3.8, 4) is 0 Å². The Labute approximate surface area is 114 Å². The summed E-state index contributed by atoms with van der Waals surface area (Å²) >= 11 is 0. The largest absolute Gasteiger partial charge is 0.399 e. The summed E-state index contributed by atoms with van der Waals surface area (Å²) in [5, 5.41) is 4.85. The Morgan fingerprint density at radius 3 is 2.45 bits per heavy atom. The minimum atomic E-state index is -0.843. The molecule has 2 amide bonds. The molecule has 2 aromatic carbocycles. The number of hydrogen-bond acceptors (Lipinski definition) is 2. The van der Waals surface area contributed by atoms with Gasteiger partial charge in [0.15, 0.2) is 0 Å². The van der Waals surface area contributed by atoms with Gasteiger partial charge in [0, 0.05) is 17.4 Å². The normalized spacial score (nSPS) is 10.2. The lowest BCUT2D eigenvalue weighted by molar-refractivity contribution is 0.262. The molecule has 4 nitrogen and oxygen atoms in total. The van der Waals surface area contributed by atoms with Gasteiger partial charge >= 0.3 is 6.03 Å². The van der Waals surface area contributed by atoms with Gasteiger partial charge in [-0.25, -0.2) is 13.6 Å². The van der Waals surface area contributed by atoms with Crippen molar-refractivity contribution in [3.63, 3.8) is 0 Å². The molecule has 0 aromatic heterocycles. The van der Waals surface area contributed by atoms with Crippen LogP contribution in [0.3, 0.4) is 0 Å². The van der Waals surface area contributed by atoms with Gasteiger partial charge in [-0.05, 0) is 36.8 Å². The van der Waals surface area contributed by atoms with Crippen LogP contribution in [0.4, 0.5) is 30.6 Å². The highest BCUT2D eigenvalue weighted by molar-refractivity contribution is 6.00. The number of nitrogen functional groups attached to an aromatic ring is 1. The number of hydrogen-bond donors (Lipinski definition) is 3. The second-order valence-electron chi connectivity index (χ2n) is 4.28. The molecule has 0 aliphatic heterocycles. The van der Waals surface area contributed by atoms with E-state index in [1.807, 2.05) is 0 Å². The highest BCUT2D eigenvalue weighted by atomic mass is 19.1. The number of carbonyl (C=O) groups excluding carboxylic acids is 1. The predicted molar refractivity (Wildman–Crippen MR) is 74.6 cm³/mol. The van der Waals surface area contributed by atoms with Crippen LogP contribution in [0.25, 0.3) is 0 Å². The first-order chi connectivity index (χ1) is 9.45. The maximum Gasteiger partial charge on any atom is 0.323 e. The van der Waals surface area contributed by atoms with Crippen LogP contribution in [0, 0.1) is 18.6 Å². The molecule has 0 spiro atoms. The summed E-state index contributed by atoms with van der Waals surface area (Å²) < 4.78 is 26.1. The Bertz CT molecular complexity index is 659. The van der Waals surface area contributed by atoms with E-state index < -0.39 is 17.7 Å². The number of benzene rings is 2. The summed E-state index contributed by atoms with van der Waals surface area (Å²) in [7, 11) is 0.